The fraction of sp³-hybridized carbons (Fsp3) is 0.273. The molecule has 1 amide bonds. The van der Waals surface area contributed by atoms with Gasteiger partial charge in [0.25, 0.3) is 5.56 Å². The molecule has 0 saturated heterocycles. The van der Waals surface area contributed by atoms with Gasteiger partial charge in [0.1, 0.15) is 21.7 Å². The largest absolute Gasteiger partial charge is 0.467 e. The first-order valence-corrected chi connectivity index (χ1v) is 11.8. The van der Waals surface area contributed by atoms with E-state index in [0.29, 0.717) is 39.9 Å². The molecule has 4 rings (SSSR count). The molecule has 0 bridgehead atoms. The highest BCUT2D eigenvalue weighted by atomic mass is 32.2. The molecule has 160 valence electrons. The van der Waals surface area contributed by atoms with E-state index in [0.717, 1.165) is 18.4 Å². The van der Waals surface area contributed by atoms with Gasteiger partial charge in [-0.05, 0) is 30.1 Å². The molecule has 0 atom stereocenters. The van der Waals surface area contributed by atoms with Gasteiger partial charge >= 0.3 is 0 Å². The summed E-state index contributed by atoms with van der Waals surface area (Å²) in [5.74, 6) is 0.697. The standard InChI is InChI=1S/C22H22N4O3S2/c1-2-3-11-26-21(28)20-19(18(25-31-20)15-8-5-4-6-9-15)24-22(26)30-14-17(27)23-13-16-10-7-12-29-16/h4-10,12H,2-3,11,13-14H2,1H3,(H,23,27). The number of nitrogens with one attached hydrogen (secondary N) is 1. The number of nitrogens with zero attached hydrogens (tertiary/aromatic N) is 3. The number of rotatable bonds is 9. The van der Waals surface area contributed by atoms with Crippen molar-refractivity contribution in [1.82, 2.24) is 19.2 Å². The monoisotopic (exact) mass is 454 g/mol. The molecule has 4 aromatic rings. The van der Waals surface area contributed by atoms with Crippen LogP contribution in [0.1, 0.15) is 25.5 Å². The van der Waals surface area contributed by atoms with E-state index in [-0.39, 0.29) is 17.2 Å². The fourth-order valence-corrected chi connectivity index (χ4v) is 4.72. The van der Waals surface area contributed by atoms with Crippen molar-refractivity contribution in [2.75, 3.05) is 5.75 Å². The predicted molar refractivity (Wildman–Crippen MR) is 123 cm³/mol. The number of amides is 1. The summed E-state index contributed by atoms with van der Waals surface area (Å²) in [7, 11) is 0. The van der Waals surface area contributed by atoms with Gasteiger partial charge in [0, 0.05) is 12.1 Å². The van der Waals surface area contributed by atoms with E-state index < -0.39 is 0 Å². The average Bonchev–Trinajstić information content (AvgIpc) is 3.46. The van der Waals surface area contributed by atoms with Crippen molar-refractivity contribution in [3.63, 3.8) is 0 Å². The smallest absolute Gasteiger partial charge is 0.273 e. The van der Waals surface area contributed by atoms with Gasteiger partial charge < -0.3 is 9.73 Å². The van der Waals surface area contributed by atoms with Crippen LogP contribution >= 0.6 is 23.3 Å². The summed E-state index contributed by atoms with van der Waals surface area (Å²) in [5, 5.41) is 3.36. The van der Waals surface area contributed by atoms with Gasteiger partial charge in [-0.3, -0.25) is 14.2 Å². The average molecular weight is 455 g/mol. The molecule has 1 N–H and O–H groups in total. The first-order chi connectivity index (χ1) is 15.2. The highest BCUT2D eigenvalue weighted by molar-refractivity contribution is 7.99. The second kappa shape index (κ2) is 9.93. The molecular weight excluding hydrogens is 432 g/mol. The van der Waals surface area contributed by atoms with Gasteiger partial charge in [-0.25, -0.2) is 4.98 Å². The normalized spacial score (nSPS) is 11.1. The lowest BCUT2D eigenvalue weighted by molar-refractivity contribution is -0.118. The molecule has 0 fully saturated rings. The van der Waals surface area contributed by atoms with Crippen LogP contribution in [0.4, 0.5) is 0 Å². The lowest BCUT2D eigenvalue weighted by atomic mass is 10.1. The van der Waals surface area contributed by atoms with E-state index in [1.165, 1.54) is 23.3 Å². The molecule has 3 heterocycles. The Bertz CT molecular complexity index is 1220. The molecule has 1 aromatic carbocycles. The van der Waals surface area contributed by atoms with E-state index >= 15 is 0 Å². The fourth-order valence-electron chi connectivity index (χ4n) is 3.08. The van der Waals surface area contributed by atoms with Gasteiger partial charge in [0.2, 0.25) is 5.91 Å². The molecule has 7 nitrogen and oxygen atoms in total. The van der Waals surface area contributed by atoms with Crippen LogP contribution in [-0.2, 0) is 17.9 Å². The molecule has 0 spiro atoms. The van der Waals surface area contributed by atoms with Crippen LogP contribution in [0.25, 0.3) is 21.5 Å². The van der Waals surface area contributed by atoms with Crippen LogP contribution in [0.3, 0.4) is 0 Å². The number of furan rings is 1. The third kappa shape index (κ3) is 4.88. The summed E-state index contributed by atoms with van der Waals surface area (Å²) in [6.45, 7) is 2.97. The lowest BCUT2D eigenvalue weighted by Crippen LogP contribution is -2.26. The predicted octanol–water partition coefficient (Wildman–Crippen LogP) is 4.32. The lowest BCUT2D eigenvalue weighted by Gasteiger charge is -2.11. The summed E-state index contributed by atoms with van der Waals surface area (Å²) < 4.78 is 12.0. The number of hydrogen-bond acceptors (Lipinski definition) is 7. The number of unbranched alkanes of at least 4 members (excludes halogenated alkanes) is 1. The van der Waals surface area contributed by atoms with Crippen molar-refractivity contribution in [2.45, 2.75) is 38.0 Å². The summed E-state index contributed by atoms with van der Waals surface area (Å²) >= 11 is 2.44. The molecular formula is C22H22N4O3S2. The Morgan fingerprint density at radius 2 is 2.06 bits per heavy atom. The summed E-state index contributed by atoms with van der Waals surface area (Å²) in [6, 6.07) is 13.3. The highest BCUT2D eigenvalue weighted by Crippen LogP contribution is 2.29. The van der Waals surface area contributed by atoms with Crippen LogP contribution in [0.2, 0.25) is 0 Å². The Morgan fingerprint density at radius 3 is 2.81 bits per heavy atom. The van der Waals surface area contributed by atoms with Crippen molar-refractivity contribution in [2.24, 2.45) is 0 Å². The third-order valence-corrected chi connectivity index (χ3v) is 6.50. The number of aromatic nitrogens is 3. The molecule has 0 saturated carbocycles. The first kappa shape index (κ1) is 21.3. The summed E-state index contributed by atoms with van der Waals surface area (Å²) in [6.07, 6.45) is 3.38. The van der Waals surface area contributed by atoms with E-state index in [1.54, 1.807) is 23.0 Å². The molecule has 9 heteroatoms. The van der Waals surface area contributed by atoms with E-state index in [4.69, 9.17) is 9.40 Å². The zero-order valence-electron chi connectivity index (χ0n) is 17.0. The number of carbonyl (C=O) groups excluding carboxylic acids is 1. The molecule has 0 aliphatic carbocycles. The van der Waals surface area contributed by atoms with Crippen LogP contribution in [0.15, 0.2) is 63.1 Å². The van der Waals surface area contributed by atoms with Crippen LogP contribution in [0.5, 0.6) is 0 Å². The molecule has 3 aromatic heterocycles. The maximum atomic E-state index is 13.2. The number of fused-ring (bicyclic) bond motifs is 1. The molecule has 0 unspecified atom stereocenters. The van der Waals surface area contributed by atoms with E-state index in [9.17, 15) is 9.59 Å². The van der Waals surface area contributed by atoms with Crippen molar-refractivity contribution < 1.29 is 9.21 Å². The first-order valence-electron chi connectivity index (χ1n) is 10.0. The Labute approximate surface area is 187 Å². The highest BCUT2D eigenvalue weighted by Gasteiger charge is 2.19. The molecule has 0 aliphatic heterocycles. The Balaban J connectivity index is 1.61. The molecule has 0 radical (unpaired) electrons. The van der Waals surface area contributed by atoms with Crippen molar-refractivity contribution in [1.29, 1.82) is 0 Å². The number of benzene rings is 1. The Hall–Kier alpha value is -2.91. The minimum Gasteiger partial charge on any atom is -0.467 e. The second-order valence-electron chi connectivity index (χ2n) is 6.92. The van der Waals surface area contributed by atoms with Crippen molar-refractivity contribution in [3.8, 4) is 11.3 Å². The van der Waals surface area contributed by atoms with Crippen molar-refractivity contribution in [3.05, 3.63) is 64.8 Å². The minimum absolute atomic E-state index is 0.100. The van der Waals surface area contributed by atoms with Gasteiger partial charge in [0.05, 0.1) is 18.6 Å². The quantitative estimate of drug-likeness (QED) is 0.299. The summed E-state index contributed by atoms with van der Waals surface area (Å²) in [4.78, 5) is 30.3. The zero-order chi connectivity index (χ0) is 21.6. The van der Waals surface area contributed by atoms with E-state index in [1.807, 2.05) is 30.3 Å². The molecule has 31 heavy (non-hydrogen) atoms. The van der Waals surface area contributed by atoms with Crippen LogP contribution in [-0.4, -0.2) is 25.6 Å². The van der Waals surface area contributed by atoms with Gasteiger partial charge in [-0.15, -0.1) is 0 Å². The van der Waals surface area contributed by atoms with Crippen molar-refractivity contribution >= 4 is 39.4 Å². The minimum atomic E-state index is -0.149. The maximum Gasteiger partial charge on any atom is 0.273 e. The Kier molecular flexibility index (Phi) is 6.83. The van der Waals surface area contributed by atoms with Crippen LogP contribution < -0.4 is 10.9 Å². The number of thioether (sulfide) groups is 1. The van der Waals surface area contributed by atoms with Crippen LogP contribution in [0, 0.1) is 0 Å². The summed E-state index contributed by atoms with van der Waals surface area (Å²) in [5.41, 5.74) is 2.10. The van der Waals surface area contributed by atoms with E-state index in [2.05, 4.69) is 16.6 Å². The number of carbonyl (C=O) groups is 1. The maximum absolute atomic E-state index is 13.2. The molecule has 0 aliphatic rings. The SMILES string of the molecule is CCCCn1c(SCC(=O)NCc2ccco2)nc2c(-c3ccccc3)nsc2c1=O. The van der Waals surface area contributed by atoms with Gasteiger partial charge in [-0.2, -0.15) is 4.37 Å². The van der Waals surface area contributed by atoms with Gasteiger partial charge in [-0.1, -0.05) is 55.4 Å². The number of hydrogen-bond donors (Lipinski definition) is 1. The second-order valence-corrected chi connectivity index (χ2v) is 8.64. The van der Waals surface area contributed by atoms with Gasteiger partial charge in [0.15, 0.2) is 5.16 Å². The zero-order valence-corrected chi connectivity index (χ0v) is 18.7. The third-order valence-electron chi connectivity index (χ3n) is 4.70. The topological polar surface area (TPSA) is 90.0 Å². The Morgan fingerprint density at radius 1 is 1.23 bits per heavy atom.